The van der Waals surface area contributed by atoms with Crippen LogP contribution in [0.15, 0.2) is 28.7 Å². The third-order valence-corrected chi connectivity index (χ3v) is 3.22. The summed E-state index contributed by atoms with van der Waals surface area (Å²) in [4.78, 5) is 16.4. The molecular formula is C14H14N4O2. The van der Waals surface area contributed by atoms with Crippen LogP contribution in [0.3, 0.4) is 0 Å². The number of benzene rings is 1. The fourth-order valence-electron chi connectivity index (χ4n) is 2.06. The van der Waals surface area contributed by atoms with Crippen molar-refractivity contribution >= 4 is 22.8 Å². The second kappa shape index (κ2) is 4.48. The van der Waals surface area contributed by atoms with Gasteiger partial charge in [-0.25, -0.2) is 0 Å². The minimum absolute atomic E-state index is 0.194. The minimum Gasteiger partial charge on any atom is -0.428 e. The zero-order valence-corrected chi connectivity index (χ0v) is 11.5. The first kappa shape index (κ1) is 12.4. The summed E-state index contributed by atoms with van der Waals surface area (Å²) in [5, 5.41) is 7.68. The van der Waals surface area contributed by atoms with E-state index in [0.29, 0.717) is 11.5 Å². The fourth-order valence-corrected chi connectivity index (χ4v) is 2.06. The van der Waals surface area contributed by atoms with Gasteiger partial charge < -0.3 is 4.42 Å². The zero-order valence-electron chi connectivity index (χ0n) is 11.5. The van der Waals surface area contributed by atoms with Crippen LogP contribution in [0.2, 0.25) is 0 Å². The highest BCUT2D eigenvalue weighted by Crippen LogP contribution is 2.19. The molecule has 0 bridgehead atoms. The number of hydrogen-bond donors (Lipinski definition) is 1. The molecule has 3 rings (SSSR count). The lowest BCUT2D eigenvalue weighted by Crippen LogP contribution is -2.13. The Kier molecular flexibility index (Phi) is 2.78. The molecule has 0 aliphatic rings. The number of fused-ring (bicyclic) bond motifs is 1. The van der Waals surface area contributed by atoms with E-state index in [4.69, 9.17) is 4.42 Å². The number of nitrogens with zero attached hydrogens (tertiary/aromatic N) is 3. The SMILES string of the molecule is Cc1nc(NC(=O)c2nn(C)c3ccccc23)oc1C. The molecule has 3 aromatic rings. The van der Waals surface area contributed by atoms with Gasteiger partial charge in [-0.05, 0) is 19.9 Å². The van der Waals surface area contributed by atoms with Crippen molar-refractivity contribution in [1.82, 2.24) is 14.8 Å². The van der Waals surface area contributed by atoms with Gasteiger partial charge in [-0.1, -0.05) is 18.2 Å². The van der Waals surface area contributed by atoms with Gasteiger partial charge in [0.15, 0.2) is 5.69 Å². The van der Waals surface area contributed by atoms with Gasteiger partial charge in [0.2, 0.25) is 0 Å². The number of oxazole rings is 1. The fraction of sp³-hybridized carbons (Fsp3) is 0.214. The Morgan fingerprint density at radius 3 is 2.75 bits per heavy atom. The van der Waals surface area contributed by atoms with Crippen molar-refractivity contribution in [2.45, 2.75) is 13.8 Å². The lowest BCUT2D eigenvalue weighted by Gasteiger charge is -1.97. The molecule has 1 aromatic carbocycles. The molecule has 0 radical (unpaired) electrons. The van der Waals surface area contributed by atoms with Crippen molar-refractivity contribution in [2.75, 3.05) is 5.32 Å². The normalized spacial score (nSPS) is 10.9. The van der Waals surface area contributed by atoms with E-state index in [0.717, 1.165) is 16.6 Å². The lowest BCUT2D eigenvalue weighted by atomic mass is 10.2. The molecule has 1 amide bonds. The number of anilines is 1. The van der Waals surface area contributed by atoms with Crippen molar-refractivity contribution in [2.24, 2.45) is 7.05 Å². The molecule has 6 nitrogen and oxygen atoms in total. The molecule has 0 unspecified atom stereocenters. The monoisotopic (exact) mass is 270 g/mol. The quantitative estimate of drug-likeness (QED) is 0.776. The molecule has 2 aromatic heterocycles. The summed E-state index contributed by atoms with van der Waals surface area (Å²) in [6, 6.07) is 7.76. The number of para-hydroxylation sites is 1. The maximum atomic E-state index is 12.3. The molecule has 6 heteroatoms. The summed E-state index contributed by atoms with van der Waals surface area (Å²) < 4.78 is 7.02. The Morgan fingerprint density at radius 1 is 1.30 bits per heavy atom. The second-order valence-electron chi connectivity index (χ2n) is 4.60. The predicted molar refractivity (Wildman–Crippen MR) is 74.6 cm³/mol. The number of carbonyl (C=O) groups is 1. The Labute approximate surface area is 115 Å². The highest BCUT2D eigenvalue weighted by molar-refractivity contribution is 6.10. The van der Waals surface area contributed by atoms with E-state index < -0.39 is 0 Å². The van der Waals surface area contributed by atoms with Gasteiger partial charge in [-0.15, -0.1) is 0 Å². The average Bonchev–Trinajstić information content (AvgIpc) is 2.91. The van der Waals surface area contributed by atoms with E-state index in [9.17, 15) is 4.79 Å². The zero-order chi connectivity index (χ0) is 14.3. The number of amides is 1. The third kappa shape index (κ3) is 1.95. The van der Waals surface area contributed by atoms with Crippen LogP contribution in [0.5, 0.6) is 0 Å². The van der Waals surface area contributed by atoms with Gasteiger partial charge in [-0.3, -0.25) is 14.8 Å². The first-order valence-corrected chi connectivity index (χ1v) is 6.23. The molecule has 102 valence electrons. The molecular weight excluding hydrogens is 256 g/mol. The smallest absolute Gasteiger partial charge is 0.302 e. The van der Waals surface area contributed by atoms with E-state index in [1.165, 1.54) is 0 Å². The van der Waals surface area contributed by atoms with Crippen molar-refractivity contribution < 1.29 is 9.21 Å². The van der Waals surface area contributed by atoms with Crippen LogP contribution in [0.1, 0.15) is 21.9 Å². The van der Waals surface area contributed by atoms with E-state index in [1.807, 2.05) is 31.2 Å². The summed E-state index contributed by atoms with van der Waals surface area (Å²) in [6.07, 6.45) is 0. The number of aromatic nitrogens is 3. The Balaban J connectivity index is 1.97. The number of rotatable bonds is 2. The molecule has 0 saturated heterocycles. The highest BCUT2D eigenvalue weighted by atomic mass is 16.4. The third-order valence-electron chi connectivity index (χ3n) is 3.22. The summed E-state index contributed by atoms with van der Waals surface area (Å²) in [6.45, 7) is 3.62. The topological polar surface area (TPSA) is 73.0 Å². The number of nitrogens with one attached hydrogen (secondary N) is 1. The van der Waals surface area contributed by atoms with Gasteiger partial charge in [0.1, 0.15) is 5.76 Å². The van der Waals surface area contributed by atoms with Crippen LogP contribution >= 0.6 is 0 Å². The Bertz CT molecular complexity index is 781. The molecule has 20 heavy (non-hydrogen) atoms. The van der Waals surface area contributed by atoms with Crippen LogP contribution in [0, 0.1) is 13.8 Å². The van der Waals surface area contributed by atoms with Gasteiger partial charge in [0.25, 0.3) is 5.91 Å². The molecule has 2 heterocycles. The summed E-state index contributed by atoms with van der Waals surface area (Å²) in [5.74, 6) is 0.356. The summed E-state index contributed by atoms with van der Waals surface area (Å²) in [5.41, 5.74) is 2.01. The van der Waals surface area contributed by atoms with Crippen molar-refractivity contribution in [3.05, 3.63) is 41.4 Å². The van der Waals surface area contributed by atoms with Crippen LogP contribution in [0.25, 0.3) is 10.9 Å². The van der Waals surface area contributed by atoms with E-state index in [2.05, 4.69) is 15.4 Å². The summed E-state index contributed by atoms with van der Waals surface area (Å²) in [7, 11) is 1.80. The first-order chi connectivity index (χ1) is 9.56. The highest BCUT2D eigenvalue weighted by Gasteiger charge is 2.18. The average molecular weight is 270 g/mol. The van der Waals surface area contributed by atoms with Crippen LogP contribution < -0.4 is 5.32 Å². The number of hydrogen-bond acceptors (Lipinski definition) is 4. The van der Waals surface area contributed by atoms with E-state index >= 15 is 0 Å². The lowest BCUT2D eigenvalue weighted by molar-refractivity contribution is 0.102. The van der Waals surface area contributed by atoms with Crippen LogP contribution in [-0.4, -0.2) is 20.7 Å². The molecule has 0 aliphatic carbocycles. The first-order valence-electron chi connectivity index (χ1n) is 6.23. The number of carbonyl (C=O) groups excluding carboxylic acids is 1. The second-order valence-corrected chi connectivity index (χ2v) is 4.60. The molecule has 0 saturated carbocycles. The summed E-state index contributed by atoms with van der Waals surface area (Å²) >= 11 is 0. The Hall–Kier alpha value is -2.63. The van der Waals surface area contributed by atoms with Crippen molar-refractivity contribution in [3.63, 3.8) is 0 Å². The van der Waals surface area contributed by atoms with Gasteiger partial charge >= 0.3 is 6.01 Å². The van der Waals surface area contributed by atoms with Crippen molar-refractivity contribution in [1.29, 1.82) is 0 Å². The van der Waals surface area contributed by atoms with Gasteiger partial charge in [-0.2, -0.15) is 10.1 Å². The molecule has 1 N–H and O–H groups in total. The maximum Gasteiger partial charge on any atom is 0.302 e. The van der Waals surface area contributed by atoms with Crippen LogP contribution in [0.4, 0.5) is 6.01 Å². The molecule has 0 fully saturated rings. The minimum atomic E-state index is -0.331. The molecule has 0 atom stereocenters. The van der Waals surface area contributed by atoms with Crippen LogP contribution in [-0.2, 0) is 7.05 Å². The van der Waals surface area contributed by atoms with Gasteiger partial charge in [0, 0.05) is 12.4 Å². The largest absolute Gasteiger partial charge is 0.428 e. The Morgan fingerprint density at radius 2 is 2.05 bits per heavy atom. The van der Waals surface area contributed by atoms with Crippen molar-refractivity contribution in [3.8, 4) is 0 Å². The standard InChI is InChI=1S/C14H14N4O2/c1-8-9(2)20-14(15-8)16-13(19)12-10-6-4-5-7-11(10)18(3)17-12/h4-7H,1-3H3,(H,15,16,19). The molecule has 0 aliphatic heterocycles. The van der Waals surface area contributed by atoms with Gasteiger partial charge in [0.05, 0.1) is 11.2 Å². The predicted octanol–water partition coefficient (Wildman–Crippen LogP) is 2.43. The molecule has 0 spiro atoms. The number of aryl methyl sites for hydroxylation is 3. The maximum absolute atomic E-state index is 12.3. The van der Waals surface area contributed by atoms with E-state index in [-0.39, 0.29) is 11.9 Å². The van der Waals surface area contributed by atoms with E-state index in [1.54, 1.807) is 18.7 Å².